The second kappa shape index (κ2) is 6.98. The first kappa shape index (κ1) is 13.6. The maximum atomic E-state index is 11.9. The van der Waals surface area contributed by atoms with E-state index in [2.05, 4.69) is 5.32 Å². The van der Waals surface area contributed by atoms with Gasteiger partial charge in [-0.1, -0.05) is 30.4 Å². The van der Waals surface area contributed by atoms with Crippen molar-refractivity contribution >= 4 is 23.1 Å². The Hall–Kier alpha value is -1.46. The van der Waals surface area contributed by atoms with Crippen molar-refractivity contribution in [3.8, 4) is 0 Å². The van der Waals surface area contributed by atoms with Gasteiger partial charge in [0.1, 0.15) is 0 Å². The van der Waals surface area contributed by atoms with Crippen LogP contribution in [0.4, 0.5) is 0 Å². The lowest BCUT2D eigenvalue weighted by molar-refractivity contribution is 0.0936. The predicted octanol–water partition coefficient (Wildman–Crippen LogP) is 0.891. The van der Waals surface area contributed by atoms with Crippen molar-refractivity contribution in [3.63, 3.8) is 0 Å². The Morgan fingerprint density at radius 2 is 2.18 bits per heavy atom. The fourth-order valence-corrected chi connectivity index (χ4v) is 1.60. The number of nitrogens with one attached hydrogen (secondary N) is 1. The van der Waals surface area contributed by atoms with Gasteiger partial charge in [0.15, 0.2) is 0 Å². The van der Waals surface area contributed by atoms with Gasteiger partial charge in [0, 0.05) is 25.6 Å². The van der Waals surface area contributed by atoms with Crippen molar-refractivity contribution < 1.29 is 9.53 Å². The Labute approximate surface area is 106 Å². The van der Waals surface area contributed by atoms with E-state index in [1.165, 1.54) is 0 Å². The Balaban J connectivity index is 2.74. The van der Waals surface area contributed by atoms with Crippen molar-refractivity contribution in [2.75, 3.05) is 20.3 Å². The molecule has 0 fully saturated rings. The lowest BCUT2D eigenvalue weighted by Crippen LogP contribution is -2.28. The van der Waals surface area contributed by atoms with Gasteiger partial charge in [-0.05, 0) is 11.6 Å². The van der Waals surface area contributed by atoms with Crippen LogP contribution in [-0.4, -0.2) is 31.2 Å². The standard InChI is InChI=1S/C12H16N2O2S/c1-16-7-6-14-12(15)10-5-3-2-4-9(10)8-11(13)17/h2-5H,6-8H2,1H3,(H2,13,17)(H,14,15). The summed E-state index contributed by atoms with van der Waals surface area (Å²) in [4.78, 5) is 12.2. The molecule has 4 nitrogen and oxygen atoms in total. The SMILES string of the molecule is COCCNC(=O)c1ccccc1CC(N)=S. The number of ether oxygens (including phenoxy) is 1. The summed E-state index contributed by atoms with van der Waals surface area (Å²) >= 11 is 4.86. The van der Waals surface area contributed by atoms with E-state index < -0.39 is 0 Å². The number of amides is 1. The van der Waals surface area contributed by atoms with E-state index in [4.69, 9.17) is 22.7 Å². The van der Waals surface area contributed by atoms with Crippen molar-refractivity contribution in [1.82, 2.24) is 5.32 Å². The van der Waals surface area contributed by atoms with Crippen LogP contribution in [0.15, 0.2) is 24.3 Å². The number of hydrogen-bond donors (Lipinski definition) is 2. The summed E-state index contributed by atoms with van der Waals surface area (Å²) in [6, 6.07) is 7.29. The third-order valence-electron chi connectivity index (χ3n) is 2.22. The molecule has 0 aromatic heterocycles. The smallest absolute Gasteiger partial charge is 0.251 e. The van der Waals surface area contributed by atoms with Crippen molar-refractivity contribution in [3.05, 3.63) is 35.4 Å². The number of thiocarbonyl (C=S) groups is 1. The van der Waals surface area contributed by atoms with E-state index >= 15 is 0 Å². The van der Waals surface area contributed by atoms with Crippen LogP contribution in [0.1, 0.15) is 15.9 Å². The average Bonchev–Trinajstić information content (AvgIpc) is 2.29. The molecule has 0 radical (unpaired) electrons. The number of methoxy groups -OCH3 is 1. The van der Waals surface area contributed by atoms with Crippen LogP contribution in [0, 0.1) is 0 Å². The molecule has 3 N–H and O–H groups in total. The van der Waals surface area contributed by atoms with Crippen LogP contribution < -0.4 is 11.1 Å². The van der Waals surface area contributed by atoms with Gasteiger partial charge < -0.3 is 15.8 Å². The molecule has 5 heteroatoms. The van der Waals surface area contributed by atoms with Crippen molar-refractivity contribution in [1.29, 1.82) is 0 Å². The summed E-state index contributed by atoms with van der Waals surface area (Å²) in [6.07, 6.45) is 0.434. The molecule has 1 aromatic carbocycles. The van der Waals surface area contributed by atoms with E-state index in [1.807, 2.05) is 18.2 Å². The molecule has 0 unspecified atom stereocenters. The summed E-state index contributed by atoms with van der Waals surface area (Å²) in [5, 5.41) is 2.77. The molecule has 17 heavy (non-hydrogen) atoms. The van der Waals surface area contributed by atoms with E-state index in [0.717, 1.165) is 5.56 Å². The summed E-state index contributed by atoms with van der Waals surface area (Å²) < 4.78 is 4.87. The molecule has 1 amide bonds. The minimum atomic E-state index is -0.131. The van der Waals surface area contributed by atoms with Crippen LogP contribution in [0.2, 0.25) is 0 Å². The lowest BCUT2D eigenvalue weighted by Gasteiger charge is -2.09. The second-order valence-corrected chi connectivity index (χ2v) is 4.07. The average molecular weight is 252 g/mol. The van der Waals surface area contributed by atoms with Crippen molar-refractivity contribution in [2.45, 2.75) is 6.42 Å². The summed E-state index contributed by atoms with van der Waals surface area (Å²) in [5.74, 6) is -0.131. The van der Waals surface area contributed by atoms with Gasteiger partial charge in [-0.15, -0.1) is 0 Å². The van der Waals surface area contributed by atoms with Crippen molar-refractivity contribution in [2.24, 2.45) is 5.73 Å². The maximum Gasteiger partial charge on any atom is 0.251 e. The monoisotopic (exact) mass is 252 g/mol. The number of rotatable bonds is 6. The molecule has 0 aliphatic rings. The molecule has 0 bridgehead atoms. The topological polar surface area (TPSA) is 64.3 Å². The Bertz CT molecular complexity index is 407. The molecule has 0 aliphatic heterocycles. The van der Waals surface area contributed by atoms with Crippen LogP contribution >= 0.6 is 12.2 Å². The van der Waals surface area contributed by atoms with E-state index in [9.17, 15) is 4.79 Å². The number of nitrogens with two attached hydrogens (primary N) is 1. The zero-order valence-electron chi connectivity index (χ0n) is 9.73. The van der Waals surface area contributed by atoms with Crippen LogP contribution in [-0.2, 0) is 11.2 Å². The second-order valence-electron chi connectivity index (χ2n) is 3.55. The minimum Gasteiger partial charge on any atom is -0.393 e. The summed E-state index contributed by atoms with van der Waals surface area (Å²) in [5.41, 5.74) is 6.95. The number of carbonyl (C=O) groups is 1. The van der Waals surface area contributed by atoms with Gasteiger partial charge in [0.2, 0.25) is 0 Å². The van der Waals surface area contributed by atoms with Gasteiger partial charge in [-0.25, -0.2) is 0 Å². The first-order valence-electron chi connectivity index (χ1n) is 5.28. The third kappa shape index (κ3) is 4.50. The normalized spacial score (nSPS) is 9.94. The first-order valence-corrected chi connectivity index (χ1v) is 5.69. The molecular formula is C12H16N2O2S. The quantitative estimate of drug-likeness (QED) is 0.583. The molecule has 1 aromatic rings. The Morgan fingerprint density at radius 3 is 2.82 bits per heavy atom. The lowest BCUT2D eigenvalue weighted by atomic mass is 10.0. The Morgan fingerprint density at radius 1 is 1.47 bits per heavy atom. The molecule has 1 rings (SSSR count). The van der Waals surface area contributed by atoms with Gasteiger partial charge in [-0.2, -0.15) is 0 Å². The molecule has 0 aliphatic carbocycles. The zero-order valence-corrected chi connectivity index (χ0v) is 10.5. The van der Waals surface area contributed by atoms with Gasteiger partial charge in [-0.3, -0.25) is 4.79 Å². The molecule has 0 saturated carbocycles. The van der Waals surface area contributed by atoms with E-state index in [0.29, 0.717) is 30.1 Å². The number of benzene rings is 1. The van der Waals surface area contributed by atoms with Gasteiger partial charge in [0.05, 0.1) is 11.6 Å². The molecule has 0 atom stereocenters. The third-order valence-corrected chi connectivity index (χ3v) is 2.36. The predicted molar refractivity (Wildman–Crippen MR) is 71.1 cm³/mol. The number of hydrogen-bond acceptors (Lipinski definition) is 3. The molecule has 0 saturated heterocycles. The van der Waals surface area contributed by atoms with Crippen LogP contribution in [0.3, 0.4) is 0 Å². The highest BCUT2D eigenvalue weighted by atomic mass is 32.1. The summed E-state index contributed by atoms with van der Waals surface area (Å²) in [6.45, 7) is 0.972. The van der Waals surface area contributed by atoms with E-state index in [-0.39, 0.29) is 5.91 Å². The maximum absolute atomic E-state index is 11.9. The van der Waals surface area contributed by atoms with Gasteiger partial charge in [0.25, 0.3) is 5.91 Å². The van der Waals surface area contributed by atoms with Crippen LogP contribution in [0.25, 0.3) is 0 Å². The first-order chi connectivity index (χ1) is 8.15. The molecular weight excluding hydrogens is 236 g/mol. The highest BCUT2D eigenvalue weighted by Gasteiger charge is 2.10. The number of carbonyl (C=O) groups excluding carboxylic acids is 1. The highest BCUT2D eigenvalue weighted by molar-refractivity contribution is 7.80. The molecule has 92 valence electrons. The summed E-state index contributed by atoms with van der Waals surface area (Å²) in [7, 11) is 1.59. The fourth-order valence-electron chi connectivity index (χ4n) is 1.45. The fraction of sp³-hybridized carbons (Fsp3) is 0.333. The van der Waals surface area contributed by atoms with Gasteiger partial charge >= 0.3 is 0 Å². The van der Waals surface area contributed by atoms with E-state index in [1.54, 1.807) is 13.2 Å². The molecule has 0 spiro atoms. The Kier molecular flexibility index (Phi) is 5.59. The minimum absolute atomic E-state index is 0.131. The largest absolute Gasteiger partial charge is 0.393 e. The van der Waals surface area contributed by atoms with Crippen LogP contribution in [0.5, 0.6) is 0 Å². The molecule has 0 heterocycles. The zero-order chi connectivity index (χ0) is 12.7. The highest BCUT2D eigenvalue weighted by Crippen LogP contribution is 2.09.